The number of aromatic nitrogens is 1. The van der Waals surface area contributed by atoms with Crippen LogP contribution < -0.4 is 5.56 Å². The van der Waals surface area contributed by atoms with E-state index < -0.39 is 12.1 Å². The van der Waals surface area contributed by atoms with Crippen molar-refractivity contribution >= 4 is 12.1 Å². The predicted octanol–water partition coefficient (Wildman–Crippen LogP) is 4.41. The zero-order valence-corrected chi connectivity index (χ0v) is 20.4. The second-order valence-corrected chi connectivity index (χ2v) is 9.28. The fourth-order valence-corrected chi connectivity index (χ4v) is 4.57. The number of amides is 1. The van der Waals surface area contributed by atoms with Crippen LogP contribution in [0.1, 0.15) is 57.1 Å². The largest absolute Gasteiger partial charge is 0.467 e. The van der Waals surface area contributed by atoms with Gasteiger partial charge in [0.15, 0.2) is 0 Å². The number of benzene rings is 1. The highest BCUT2D eigenvalue weighted by atomic mass is 16.6. The van der Waals surface area contributed by atoms with Crippen LogP contribution in [-0.4, -0.2) is 47.3 Å². The Morgan fingerprint density at radius 2 is 1.82 bits per heavy atom. The predicted molar refractivity (Wildman–Crippen MR) is 131 cm³/mol. The first kappa shape index (κ1) is 25.5. The van der Waals surface area contributed by atoms with E-state index in [2.05, 4.69) is 24.3 Å². The van der Waals surface area contributed by atoms with Gasteiger partial charge in [0, 0.05) is 18.8 Å². The SMILES string of the molecule is COC(=O)C1CC(CCCc2ccc(Cn3ccccc3=O)cc2)CCCN1C(=O)OC(C)C. The molecule has 1 amide bonds. The first-order valence-corrected chi connectivity index (χ1v) is 12.2. The number of methoxy groups -OCH3 is 1. The molecule has 0 bridgehead atoms. The Kier molecular flexibility index (Phi) is 9.31. The number of carbonyl (C=O) groups is 2. The van der Waals surface area contributed by atoms with Gasteiger partial charge in [-0.15, -0.1) is 0 Å². The number of esters is 1. The average Bonchev–Trinajstić information content (AvgIpc) is 3.03. The van der Waals surface area contributed by atoms with Crippen molar-refractivity contribution in [1.82, 2.24) is 9.47 Å². The van der Waals surface area contributed by atoms with Gasteiger partial charge in [-0.3, -0.25) is 9.69 Å². The molecule has 0 radical (unpaired) electrons. The van der Waals surface area contributed by atoms with E-state index in [0.717, 1.165) is 37.7 Å². The lowest BCUT2D eigenvalue weighted by Gasteiger charge is -2.29. The van der Waals surface area contributed by atoms with Crippen LogP contribution in [0.25, 0.3) is 0 Å². The van der Waals surface area contributed by atoms with Gasteiger partial charge in [0.1, 0.15) is 6.04 Å². The van der Waals surface area contributed by atoms with Crippen molar-refractivity contribution < 1.29 is 19.1 Å². The normalized spacial score (nSPS) is 18.4. The van der Waals surface area contributed by atoms with Gasteiger partial charge in [-0.1, -0.05) is 36.8 Å². The van der Waals surface area contributed by atoms with Crippen molar-refractivity contribution in [2.45, 2.75) is 71.1 Å². The van der Waals surface area contributed by atoms with Gasteiger partial charge in [-0.25, -0.2) is 9.59 Å². The molecule has 2 aromatic rings. The zero-order chi connectivity index (χ0) is 24.5. The minimum atomic E-state index is -0.593. The first-order valence-electron chi connectivity index (χ1n) is 12.2. The molecule has 1 aliphatic heterocycles. The Bertz CT molecular complexity index is 999. The lowest BCUT2D eigenvalue weighted by atomic mass is 9.90. The molecule has 7 nitrogen and oxygen atoms in total. The maximum absolute atomic E-state index is 12.5. The van der Waals surface area contributed by atoms with Gasteiger partial charge in [0.25, 0.3) is 5.56 Å². The van der Waals surface area contributed by atoms with E-state index in [-0.39, 0.29) is 17.6 Å². The number of aryl methyl sites for hydroxylation is 1. The molecular formula is C27H36N2O5. The number of hydrogen-bond acceptors (Lipinski definition) is 5. The third-order valence-corrected chi connectivity index (χ3v) is 6.34. The van der Waals surface area contributed by atoms with E-state index in [1.54, 1.807) is 41.6 Å². The Balaban J connectivity index is 1.53. The summed E-state index contributed by atoms with van der Waals surface area (Å²) in [7, 11) is 1.37. The summed E-state index contributed by atoms with van der Waals surface area (Å²) in [5.41, 5.74) is 2.34. The highest BCUT2D eigenvalue weighted by molar-refractivity contribution is 5.81. The summed E-state index contributed by atoms with van der Waals surface area (Å²) < 4.78 is 12.1. The summed E-state index contributed by atoms with van der Waals surface area (Å²) in [6.45, 7) is 4.68. The van der Waals surface area contributed by atoms with E-state index in [1.807, 2.05) is 6.07 Å². The summed E-state index contributed by atoms with van der Waals surface area (Å²) in [4.78, 5) is 38.4. The second kappa shape index (κ2) is 12.4. The molecule has 1 saturated heterocycles. The highest BCUT2D eigenvalue weighted by Gasteiger charge is 2.36. The molecule has 0 N–H and O–H groups in total. The van der Waals surface area contributed by atoms with E-state index in [9.17, 15) is 14.4 Å². The molecule has 2 unspecified atom stereocenters. The van der Waals surface area contributed by atoms with Crippen LogP contribution in [0, 0.1) is 5.92 Å². The maximum atomic E-state index is 12.5. The molecule has 7 heteroatoms. The molecule has 34 heavy (non-hydrogen) atoms. The summed E-state index contributed by atoms with van der Waals surface area (Å²) in [5, 5.41) is 0. The molecule has 1 aliphatic rings. The van der Waals surface area contributed by atoms with E-state index >= 15 is 0 Å². The fraction of sp³-hybridized carbons (Fsp3) is 0.519. The van der Waals surface area contributed by atoms with Gasteiger partial charge < -0.3 is 14.0 Å². The summed E-state index contributed by atoms with van der Waals surface area (Å²) in [6, 6.07) is 13.0. The molecule has 3 rings (SSSR count). The van der Waals surface area contributed by atoms with Crippen molar-refractivity contribution in [3.8, 4) is 0 Å². The van der Waals surface area contributed by atoms with Gasteiger partial charge in [0.2, 0.25) is 0 Å². The lowest BCUT2D eigenvalue weighted by molar-refractivity contribution is -0.147. The van der Waals surface area contributed by atoms with Crippen LogP contribution in [0.5, 0.6) is 0 Å². The first-order chi connectivity index (χ1) is 16.4. The number of likely N-dealkylation sites (tertiary alicyclic amines) is 1. The van der Waals surface area contributed by atoms with Crippen LogP contribution in [0.15, 0.2) is 53.5 Å². The third-order valence-electron chi connectivity index (χ3n) is 6.34. The van der Waals surface area contributed by atoms with E-state index in [1.165, 1.54) is 12.7 Å². The molecule has 1 aromatic carbocycles. The monoisotopic (exact) mass is 468 g/mol. The molecule has 0 spiro atoms. The van der Waals surface area contributed by atoms with Crippen molar-refractivity contribution in [2.75, 3.05) is 13.7 Å². The van der Waals surface area contributed by atoms with Crippen LogP contribution in [0.4, 0.5) is 4.79 Å². The fourth-order valence-electron chi connectivity index (χ4n) is 4.57. The van der Waals surface area contributed by atoms with Crippen molar-refractivity contribution in [1.29, 1.82) is 0 Å². The van der Waals surface area contributed by atoms with E-state index in [4.69, 9.17) is 9.47 Å². The standard InChI is InChI=1S/C27H36N2O5/c1-20(2)34-27(32)29-17-7-10-22(18-24(29)26(31)33-3)9-6-8-21-12-14-23(15-13-21)19-28-16-5-4-11-25(28)30/h4-5,11-16,20,22,24H,6-10,17-19H2,1-3H3. The Morgan fingerprint density at radius 1 is 1.09 bits per heavy atom. The van der Waals surface area contributed by atoms with Crippen molar-refractivity contribution in [3.63, 3.8) is 0 Å². The Hall–Kier alpha value is -3.09. The van der Waals surface area contributed by atoms with Gasteiger partial charge in [-0.05, 0) is 69.1 Å². The number of ether oxygens (including phenoxy) is 2. The van der Waals surface area contributed by atoms with Crippen LogP contribution in [0.3, 0.4) is 0 Å². The van der Waals surface area contributed by atoms with Crippen molar-refractivity contribution in [3.05, 3.63) is 70.1 Å². The number of carbonyl (C=O) groups excluding carboxylic acids is 2. The van der Waals surface area contributed by atoms with Crippen LogP contribution in [0.2, 0.25) is 0 Å². The smallest absolute Gasteiger partial charge is 0.410 e. The summed E-state index contributed by atoms with van der Waals surface area (Å²) in [5.74, 6) is -0.0223. The van der Waals surface area contributed by atoms with Crippen LogP contribution >= 0.6 is 0 Å². The number of hydrogen-bond donors (Lipinski definition) is 0. The molecule has 184 valence electrons. The van der Waals surface area contributed by atoms with E-state index in [0.29, 0.717) is 25.4 Å². The quantitative estimate of drug-likeness (QED) is 0.537. The van der Waals surface area contributed by atoms with Gasteiger partial charge in [-0.2, -0.15) is 0 Å². The number of nitrogens with zero attached hydrogens (tertiary/aromatic N) is 2. The van der Waals surface area contributed by atoms with Gasteiger partial charge >= 0.3 is 12.1 Å². The zero-order valence-electron chi connectivity index (χ0n) is 20.4. The molecular weight excluding hydrogens is 432 g/mol. The molecule has 0 aliphatic carbocycles. The highest BCUT2D eigenvalue weighted by Crippen LogP contribution is 2.28. The third kappa shape index (κ3) is 7.20. The molecule has 0 saturated carbocycles. The maximum Gasteiger partial charge on any atom is 0.410 e. The van der Waals surface area contributed by atoms with Gasteiger partial charge in [0.05, 0.1) is 19.8 Å². The lowest BCUT2D eigenvalue weighted by Crippen LogP contribution is -2.46. The summed E-state index contributed by atoms with van der Waals surface area (Å²) >= 11 is 0. The topological polar surface area (TPSA) is 77.8 Å². The van der Waals surface area contributed by atoms with Crippen LogP contribution in [-0.2, 0) is 27.2 Å². The molecule has 1 fully saturated rings. The Morgan fingerprint density at radius 3 is 2.50 bits per heavy atom. The number of pyridine rings is 1. The summed E-state index contributed by atoms with van der Waals surface area (Å²) in [6.07, 6.45) is 6.49. The minimum Gasteiger partial charge on any atom is -0.467 e. The number of rotatable bonds is 8. The average molecular weight is 469 g/mol. The minimum absolute atomic E-state index is 0.00345. The molecule has 2 atom stereocenters. The molecule has 2 heterocycles. The molecule has 1 aromatic heterocycles. The second-order valence-electron chi connectivity index (χ2n) is 9.28. The van der Waals surface area contributed by atoms with Crippen molar-refractivity contribution in [2.24, 2.45) is 5.92 Å². The Labute approximate surface area is 201 Å².